The second-order valence-electron chi connectivity index (χ2n) is 5.82. The largest absolute Gasteiger partial charge is 0.481 e. The number of unbranched alkanes of at least 4 members (excludes halogenated alkanes) is 1. The van der Waals surface area contributed by atoms with Crippen molar-refractivity contribution in [1.82, 2.24) is 10.2 Å². The van der Waals surface area contributed by atoms with Gasteiger partial charge in [0, 0.05) is 39.4 Å². The predicted octanol–water partition coefficient (Wildman–Crippen LogP) is 2.27. The summed E-state index contributed by atoms with van der Waals surface area (Å²) in [5.74, 6) is -1.46. The number of hydrogen-bond acceptors (Lipinski definition) is 3. The van der Waals surface area contributed by atoms with E-state index in [4.69, 9.17) is 5.11 Å². The van der Waals surface area contributed by atoms with Gasteiger partial charge in [-0.05, 0) is 25.0 Å². The Morgan fingerprint density at radius 3 is 2.43 bits per heavy atom. The van der Waals surface area contributed by atoms with Crippen LogP contribution in [0.5, 0.6) is 0 Å². The van der Waals surface area contributed by atoms with E-state index in [0.717, 1.165) is 19.4 Å². The summed E-state index contributed by atoms with van der Waals surface area (Å²) in [5.41, 5.74) is 1.18. The van der Waals surface area contributed by atoms with Gasteiger partial charge in [0.15, 0.2) is 0 Å². The third-order valence-corrected chi connectivity index (χ3v) is 3.71. The lowest BCUT2D eigenvalue weighted by molar-refractivity contribution is -0.141. The van der Waals surface area contributed by atoms with Gasteiger partial charge in [0.1, 0.15) is 0 Å². The number of carbonyl (C=O) groups is 2. The monoisotopic (exact) mass is 321 g/mol. The Bertz CT molecular complexity index is 493. The number of urea groups is 1. The lowest BCUT2D eigenvalue weighted by Gasteiger charge is -2.21. The van der Waals surface area contributed by atoms with E-state index in [1.165, 1.54) is 10.6 Å². The van der Waals surface area contributed by atoms with Crippen LogP contribution in [0, 0.1) is 5.92 Å². The highest BCUT2D eigenvalue weighted by Crippen LogP contribution is 2.11. The van der Waals surface area contributed by atoms with E-state index in [1.807, 2.05) is 18.2 Å². The molecule has 0 bridgehead atoms. The summed E-state index contributed by atoms with van der Waals surface area (Å²) < 4.78 is 0. The highest BCUT2D eigenvalue weighted by molar-refractivity contribution is 5.75. The van der Waals surface area contributed by atoms with Crippen molar-refractivity contribution in [2.24, 2.45) is 5.92 Å². The van der Waals surface area contributed by atoms with Gasteiger partial charge >= 0.3 is 12.0 Å². The van der Waals surface area contributed by atoms with Gasteiger partial charge in [0.05, 0.1) is 5.92 Å². The lowest BCUT2D eigenvalue weighted by Crippen LogP contribution is -2.41. The molecule has 23 heavy (non-hydrogen) atoms. The third kappa shape index (κ3) is 7.04. The van der Waals surface area contributed by atoms with Crippen molar-refractivity contribution in [3.8, 4) is 0 Å². The smallest absolute Gasteiger partial charge is 0.317 e. The van der Waals surface area contributed by atoms with Gasteiger partial charge in [-0.2, -0.15) is 0 Å². The number of aliphatic carboxylic acids is 1. The predicted molar refractivity (Wildman–Crippen MR) is 91.8 cm³/mol. The molecule has 2 N–H and O–H groups in total. The Morgan fingerprint density at radius 2 is 1.83 bits per heavy atom. The Labute approximate surface area is 138 Å². The maximum absolute atomic E-state index is 11.8. The minimum atomic E-state index is -0.895. The normalized spacial score (nSPS) is 11.6. The maximum Gasteiger partial charge on any atom is 0.317 e. The third-order valence-electron chi connectivity index (χ3n) is 3.71. The first-order valence-electron chi connectivity index (χ1n) is 7.89. The summed E-state index contributed by atoms with van der Waals surface area (Å²) in [4.78, 5) is 26.2. The van der Waals surface area contributed by atoms with Gasteiger partial charge in [-0.1, -0.05) is 25.1 Å². The highest BCUT2D eigenvalue weighted by atomic mass is 16.4. The molecule has 6 heteroatoms. The van der Waals surface area contributed by atoms with E-state index < -0.39 is 11.9 Å². The van der Waals surface area contributed by atoms with Crippen molar-refractivity contribution in [1.29, 1.82) is 0 Å². The molecule has 1 unspecified atom stereocenters. The number of anilines is 1. The number of benzene rings is 1. The van der Waals surface area contributed by atoms with Gasteiger partial charge < -0.3 is 20.2 Å². The molecule has 0 spiro atoms. The first kappa shape index (κ1) is 18.8. The number of para-hydroxylation sites is 1. The summed E-state index contributed by atoms with van der Waals surface area (Å²) in [5, 5.41) is 11.7. The second-order valence-corrected chi connectivity index (χ2v) is 5.82. The Kier molecular flexibility index (Phi) is 7.94. The van der Waals surface area contributed by atoms with Crippen LogP contribution in [0.15, 0.2) is 30.3 Å². The standard InChI is InChI=1S/C17H27N3O3/c1-14(16(21)22)13-20(3)17(23)18-11-7-8-12-19(2)15-9-5-4-6-10-15/h4-6,9-10,14H,7-8,11-13H2,1-3H3,(H,18,23)(H,21,22). The van der Waals surface area contributed by atoms with Crippen LogP contribution < -0.4 is 10.2 Å². The van der Waals surface area contributed by atoms with Gasteiger partial charge in [0.2, 0.25) is 0 Å². The van der Waals surface area contributed by atoms with Crippen LogP contribution in [-0.4, -0.2) is 55.7 Å². The van der Waals surface area contributed by atoms with E-state index in [9.17, 15) is 9.59 Å². The van der Waals surface area contributed by atoms with Crippen molar-refractivity contribution < 1.29 is 14.7 Å². The summed E-state index contributed by atoms with van der Waals surface area (Å²) in [6.07, 6.45) is 1.85. The molecule has 2 amide bonds. The molecule has 0 radical (unpaired) electrons. The fourth-order valence-electron chi connectivity index (χ4n) is 2.19. The number of amides is 2. The number of carboxylic acid groups (broad SMARTS) is 1. The fourth-order valence-corrected chi connectivity index (χ4v) is 2.19. The first-order chi connectivity index (χ1) is 10.9. The number of nitrogens with one attached hydrogen (secondary N) is 1. The maximum atomic E-state index is 11.8. The number of nitrogens with zero attached hydrogens (tertiary/aromatic N) is 2. The van der Waals surface area contributed by atoms with Crippen LogP contribution in [0.2, 0.25) is 0 Å². The van der Waals surface area contributed by atoms with Gasteiger partial charge in [-0.15, -0.1) is 0 Å². The van der Waals surface area contributed by atoms with E-state index >= 15 is 0 Å². The average Bonchev–Trinajstić information content (AvgIpc) is 2.54. The van der Waals surface area contributed by atoms with E-state index in [2.05, 4.69) is 29.4 Å². The van der Waals surface area contributed by atoms with Gasteiger partial charge in [0.25, 0.3) is 0 Å². The van der Waals surface area contributed by atoms with Gasteiger partial charge in [-0.3, -0.25) is 4.79 Å². The zero-order valence-electron chi connectivity index (χ0n) is 14.2. The van der Waals surface area contributed by atoms with E-state index in [-0.39, 0.29) is 12.6 Å². The zero-order valence-corrected chi connectivity index (χ0v) is 14.2. The van der Waals surface area contributed by atoms with Crippen molar-refractivity contribution in [2.75, 3.05) is 38.6 Å². The molecule has 0 aliphatic heterocycles. The van der Waals surface area contributed by atoms with Crippen LogP contribution in [0.4, 0.5) is 10.5 Å². The SMILES string of the molecule is CC(CN(C)C(=O)NCCCCN(C)c1ccccc1)C(=O)O. The average molecular weight is 321 g/mol. The topological polar surface area (TPSA) is 72.9 Å². The molecule has 0 fully saturated rings. The minimum Gasteiger partial charge on any atom is -0.481 e. The number of rotatable bonds is 9. The second kappa shape index (κ2) is 9.71. The summed E-state index contributed by atoms with van der Waals surface area (Å²) in [7, 11) is 3.66. The minimum absolute atomic E-state index is 0.206. The molecular weight excluding hydrogens is 294 g/mol. The molecule has 0 aliphatic rings. The van der Waals surface area contributed by atoms with Crippen LogP contribution >= 0.6 is 0 Å². The molecule has 0 aliphatic carbocycles. The molecular formula is C17H27N3O3. The molecule has 1 aromatic rings. The molecule has 6 nitrogen and oxygen atoms in total. The summed E-state index contributed by atoms with van der Waals surface area (Å²) in [6.45, 7) is 3.31. The molecule has 0 heterocycles. The van der Waals surface area contributed by atoms with Crippen molar-refractivity contribution in [3.63, 3.8) is 0 Å². The summed E-state index contributed by atoms with van der Waals surface area (Å²) in [6, 6.07) is 9.93. The van der Waals surface area contributed by atoms with Crippen LogP contribution in [-0.2, 0) is 4.79 Å². The number of hydrogen-bond donors (Lipinski definition) is 2. The molecule has 1 aromatic carbocycles. The molecule has 0 aromatic heterocycles. The summed E-state index contributed by atoms with van der Waals surface area (Å²) >= 11 is 0. The van der Waals surface area contributed by atoms with Crippen molar-refractivity contribution in [2.45, 2.75) is 19.8 Å². The van der Waals surface area contributed by atoms with E-state index in [1.54, 1.807) is 14.0 Å². The number of carboxylic acids is 1. The van der Waals surface area contributed by atoms with Crippen LogP contribution in [0.25, 0.3) is 0 Å². The molecule has 1 rings (SSSR count). The Morgan fingerprint density at radius 1 is 1.17 bits per heavy atom. The molecule has 0 saturated carbocycles. The molecule has 1 atom stereocenters. The Hall–Kier alpha value is -2.24. The van der Waals surface area contributed by atoms with Crippen LogP contribution in [0.1, 0.15) is 19.8 Å². The molecule has 128 valence electrons. The zero-order chi connectivity index (χ0) is 17.2. The highest BCUT2D eigenvalue weighted by Gasteiger charge is 2.16. The van der Waals surface area contributed by atoms with Crippen molar-refractivity contribution >= 4 is 17.7 Å². The fraction of sp³-hybridized carbons (Fsp3) is 0.529. The lowest BCUT2D eigenvalue weighted by atomic mass is 10.2. The van der Waals surface area contributed by atoms with Crippen LogP contribution in [0.3, 0.4) is 0 Å². The molecule has 0 saturated heterocycles. The Balaban J connectivity index is 2.17. The quantitative estimate of drug-likeness (QED) is 0.684. The first-order valence-corrected chi connectivity index (χ1v) is 7.89. The van der Waals surface area contributed by atoms with Gasteiger partial charge in [-0.25, -0.2) is 4.79 Å². The van der Waals surface area contributed by atoms with E-state index in [0.29, 0.717) is 6.54 Å². The number of carbonyl (C=O) groups excluding carboxylic acids is 1. The van der Waals surface area contributed by atoms with Crippen molar-refractivity contribution in [3.05, 3.63) is 30.3 Å².